The van der Waals surface area contributed by atoms with E-state index in [9.17, 15) is 9.59 Å². The number of hydrogen-bond donors (Lipinski definition) is 0. The Balaban J connectivity index is 1.97. The predicted molar refractivity (Wildman–Crippen MR) is 99.6 cm³/mol. The zero-order valence-corrected chi connectivity index (χ0v) is 14.9. The number of benzene rings is 2. The highest BCUT2D eigenvalue weighted by Gasteiger charge is 2.22. The average molecular weight is 351 g/mol. The van der Waals surface area contributed by atoms with Crippen LogP contribution in [0.3, 0.4) is 0 Å². The summed E-state index contributed by atoms with van der Waals surface area (Å²) in [5, 5.41) is 0. The summed E-state index contributed by atoms with van der Waals surface area (Å²) >= 11 is 0. The maximum Gasteiger partial charge on any atom is 0.345 e. The Morgan fingerprint density at radius 2 is 1.54 bits per heavy atom. The molecule has 1 heterocycles. The van der Waals surface area contributed by atoms with Crippen LogP contribution in [-0.4, -0.2) is 32.7 Å². The Morgan fingerprint density at radius 1 is 0.923 bits per heavy atom. The summed E-state index contributed by atoms with van der Waals surface area (Å²) in [6.45, 7) is 1.65. The zero-order chi connectivity index (χ0) is 18.5. The molecule has 0 fully saturated rings. The maximum absolute atomic E-state index is 12.0. The molecular formula is C21H21NO4. The van der Waals surface area contributed by atoms with Crippen LogP contribution in [-0.2, 0) is 32.0 Å². The number of para-hydroxylation sites is 1. The van der Waals surface area contributed by atoms with Gasteiger partial charge in [0, 0.05) is 18.8 Å². The summed E-state index contributed by atoms with van der Waals surface area (Å²) in [7, 11) is 2.49. The van der Waals surface area contributed by atoms with Crippen LogP contribution in [0.15, 0.2) is 54.1 Å². The van der Waals surface area contributed by atoms with E-state index in [0.717, 1.165) is 30.8 Å². The molecule has 0 unspecified atom stereocenters. The van der Waals surface area contributed by atoms with Gasteiger partial charge in [-0.25, -0.2) is 9.59 Å². The van der Waals surface area contributed by atoms with E-state index in [4.69, 9.17) is 9.47 Å². The molecule has 0 bridgehead atoms. The zero-order valence-electron chi connectivity index (χ0n) is 14.9. The van der Waals surface area contributed by atoms with Gasteiger partial charge in [0.05, 0.1) is 14.2 Å². The van der Waals surface area contributed by atoms with E-state index in [1.807, 2.05) is 30.3 Å². The molecule has 26 heavy (non-hydrogen) atoms. The van der Waals surface area contributed by atoms with Crippen molar-refractivity contribution in [3.05, 3.63) is 70.8 Å². The largest absolute Gasteiger partial charge is 0.465 e. The van der Waals surface area contributed by atoms with Crippen molar-refractivity contribution in [2.45, 2.75) is 13.0 Å². The first-order valence-corrected chi connectivity index (χ1v) is 8.43. The van der Waals surface area contributed by atoms with Crippen molar-refractivity contribution in [3.63, 3.8) is 0 Å². The Hall–Kier alpha value is -3.08. The average Bonchev–Trinajstić information content (AvgIpc) is 2.70. The smallest absolute Gasteiger partial charge is 0.345 e. The van der Waals surface area contributed by atoms with Crippen LogP contribution in [0.4, 0.5) is 5.69 Å². The minimum atomic E-state index is -0.712. The summed E-state index contributed by atoms with van der Waals surface area (Å²) in [6.07, 6.45) is 2.49. The Kier molecular flexibility index (Phi) is 5.37. The van der Waals surface area contributed by atoms with Crippen LogP contribution in [0.1, 0.15) is 16.7 Å². The second kappa shape index (κ2) is 7.87. The second-order valence-corrected chi connectivity index (χ2v) is 6.04. The van der Waals surface area contributed by atoms with Gasteiger partial charge >= 0.3 is 11.9 Å². The van der Waals surface area contributed by atoms with Crippen molar-refractivity contribution in [1.82, 2.24) is 0 Å². The van der Waals surface area contributed by atoms with Crippen LogP contribution in [0, 0.1) is 0 Å². The summed E-state index contributed by atoms with van der Waals surface area (Å²) < 4.78 is 9.44. The van der Waals surface area contributed by atoms with Gasteiger partial charge in [-0.1, -0.05) is 42.5 Å². The van der Waals surface area contributed by atoms with E-state index in [0.29, 0.717) is 0 Å². The van der Waals surface area contributed by atoms with E-state index in [1.54, 1.807) is 0 Å². The van der Waals surface area contributed by atoms with Crippen molar-refractivity contribution in [3.8, 4) is 0 Å². The first kappa shape index (κ1) is 17.7. The van der Waals surface area contributed by atoms with Crippen LogP contribution < -0.4 is 4.90 Å². The molecule has 0 saturated heterocycles. The van der Waals surface area contributed by atoms with Gasteiger partial charge in [0.2, 0.25) is 0 Å². The van der Waals surface area contributed by atoms with E-state index in [2.05, 4.69) is 23.1 Å². The van der Waals surface area contributed by atoms with Crippen molar-refractivity contribution in [2.24, 2.45) is 0 Å². The lowest BCUT2D eigenvalue weighted by Gasteiger charge is -2.32. The molecule has 5 nitrogen and oxygen atoms in total. The number of nitrogens with zero attached hydrogens (tertiary/aromatic N) is 1. The van der Waals surface area contributed by atoms with Gasteiger partial charge < -0.3 is 14.4 Å². The van der Waals surface area contributed by atoms with E-state index in [1.165, 1.54) is 31.4 Å². The third-order valence-electron chi connectivity index (χ3n) is 4.52. The topological polar surface area (TPSA) is 55.8 Å². The standard InChI is InChI=1S/C21H21NO4/c1-25-20(23)18(21(24)26-2)13-16-8-5-6-10-19(16)22-12-11-15-7-3-4-9-17(15)14-22/h3-10,13H,11-12,14H2,1-2H3. The number of methoxy groups -OCH3 is 2. The summed E-state index contributed by atoms with van der Waals surface area (Å²) in [5.41, 5.74) is 4.27. The molecule has 0 aromatic heterocycles. The van der Waals surface area contributed by atoms with Crippen LogP contribution in [0.5, 0.6) is 0 Å². The van der Waals surface area contributed by atoms with Gasteiger partial charge in [0.1, 0.15) is 5.57 Å². The fraction of sp³-hybridized carbons (Fsp3) is 0.238. The molecule has 2 aromatic rings. The fourth-order valence-corrected chi connectivity index (χ4v) is 3.18. The minimum absolute atomic E-state index is 0.125. The molecule has 0 N–H and O–H groups in total. The van der Waals surface area contributed by atoms with Crippen LogP contribution in [0.25, 0.3) is 6.08 Å². The normalized spacial score (nSPS) is 12.8. The first-order valence-electron chi connectivity index (χ1n) is 8.43. The Labute approximate surface area is 152 Å². The lowest BCUT2D eigenvalue weighted by atomic mass is 9.98. The van der Waals surface area contributed by atoms with Crippen molar-refractivity contribution >= 4 is 23.7 Å². The highest BCUT2D eigenvalue weighted by Crippen LogP contribution is 2.29. The number of carbonyl (C=O) groups is 2. The van der Waals surface area contributed by atoms with Gasteiger partial charge in [-0.2, -0.15) is 0 Å². The number of anilines is 1. The molecule has 0 atom stereocenters. The third-order valence-corrected chi connectivity index (χ3v) is 4.52. The highest BCUT2D eigenvalue weighted by atomic mass is 16.5. The lowest BCUT2D eigenvalue weighted by molar-refractivity contribution is -0.143. The number of rotatable bonds is 4. The molecule has 0 saturated carbocycles. The molecule has 1 aliphatic rings. The number of esters is 2. The molecule has 0 radical (unpaired) electrons. The monoisotopic (exact) mass is 351 g/mol. The molecule has 0 spiro atoms. The lowest BCUT2D eigenvalue weighted by Crippen LogP contribution is -2.30. The van der Waals surface area contributed by atoms with Gasteiger partial charge in [0.15, 0.2) is 0 Å². The molecule has 0 amide bonds. The molecule has 1 aliphatic heterocycles. The Bertz CT molecular complexity index is 839. The van der Waals surface area contributed by atoms with Gasteiger partial charge in [0.25, 0.3) is 0 Å². The first-order chi connectivity index (χ1) is 12.6. The summed E-state index contributed by atoms with van der Waals surface area (Å²) in [4.78, 5) is 26.2. The fourth-order valence-electron chi connectivity index (χ4n) is 3.18. The molecule has 134 valence electrons. The van der Waals surface area contributed by atoms with Crippen molar-refractivity contribution in [2.75, 3.05) is 25.7 Å². The SMILES string of the molecule is COC(=O)C(=Cc1ccccc1N1CCc2ccccc2C1)C(=O)OC. The molecule has 2 aromatic carbocycles. The number of ether oxygens (including phenoxy) is 2. The van der Waals surface area contributed by atoms with Crippen LogP contribution in [0.2, 0.25) is 0 Å². The predicted octanol–water partition coefficient (Wildman–Crippen LogP) is 2.98. The number of carbonyl (C=O) groups excluding carboxylic acids is 2. The third kappa shape index (κ3) is 3.61. The Morgan fingerprint density at radius 3 is 2.23 bits per heavy atom. The maximum atomic E-state index is 12.0. The summed E-state index contributed by atoms with van der Waals surface area (Å²) in [5.74, 6) is -1.42. The van der Waals surface area contributed by atoms with E-state index < -0.39 is 11.9 Å². The molecule has 5 heteroatoms. The van der Waals surface area contributed by atoms with Gasteiger partial charge in [-0.05, 0) is 35.3 Å². The van der Waals surface area contributed by atoms with E-state index in [-0.39, 0.29) is 5.57 Å². The molecular weight excluding hydrogens is 330 g/mol. The quantitative estimate of drug-likeness (QED) is 0.367. The summed E-state index contributed by atoms with van der Waals surface area (Å²) in [6, 6.07) is 16.1. The number of hydrogen-bond acceptors (Lipinski definition) is 5. The minimum Gasteiger partial charge on any atom is -0.465 e. The number of fused-ring (bicyclic) bond motifs is 1. The highest BCUT2D eigenvalue weighted by molar-refractivity contribution is 6.18. The van der Waals surface area contributed by atoms with Crippen LogP contribution >= 0.6 is 0 Å². The molecule has 0 aliphatic carbocycles. The van der Waals surface area contributed by atoms with Gasteiger partial charge in [-0.15, -0.1) is 0 Å². The van der Waals surface area contributed by atoms with E-state index >= 15 is 0 Å². The van der Waals surface area contributed by atoms with Gasteiger partial charge in [-0.3, -0.25) is 0 Å². The molecule has 3 rings (SSSR count). The second-order valence-electron chi connectivity index (χ2n) is 6.04. The van der Waals surface area contributed by atoms with Crippen molar-refractivity contribution < 1.29 is 19.1 Å². The van der Waals surface area contributed by atoms with Crippen molar-refractivity contribution in [1.29, 1.82) is 0 Å².